The summed E-state index contributed by atoms with van der Waals surface area (Å²) in [6.45, 7) is 3.30. The molecule has 0 unspecified atom stereocenters. The van der Waals surface area contributed by atoms with E-state index in [1.54, 1.807) is 50.2 Å². The van der Waals surface area contributed by atoms with Gasteiger partial charge in [0, 0.05) is 11.3 Å². The molecule has 3 aromatic carbocycles. The standard InChI is InChI=1S/C33H32IN5O8/c1-5-45-32(41)29-19(2)37-33(42)38-30(29)21-10-11-25(26(14-21)43-3)46-18-28(40)39-36-16-20-12-24(34)31(27(13-20)44-4)47-17-23-9-7-6-8-22(23)15-35/h6-14,16,30H,5,17-18H2,1-4H3,(H,39,40)(H2,37,38,42)/b36-16-/t30-/m1/s1. The van der Waals surface area contributed by atoms with E-state index in [1.807, 2.05) is 18.2 Å². The molecule has 13 nitrogen and oxygen atoms in total. The van der Waals surface area contributed by atoms with Crippen molar-refractivity contribution < 1.29 is 38.1 Å². The third-order valence-corrected chi connectivity index (χ3v) is 7.61. The number of hydrogen-bond acceptors (Lipinski definition) is 10. The molecule has 1 atom stereocenters. The predicted molar refractivity (Wildman–Crippen MR) is 179 cm³/mol. The van der Waals surface area contributed by atoms with E-state index in [2.05, 4.69) is 49.8 Å². The molecule has 244 valence electrons. The minimum Gasteiger partial charge on any atom is -0.493 e. The van der Waals surface area contributed by atoms with Gasteiger partial charge in [0.2, 0.25) is 0 Å². The Balaban J connectivity index is 1.38. The average Bonchev–Trinajstić information content (AvgIpc) is 3.06. The fourth-order valence-corrected chi connectivity index (χ4v) is 5.40. The number of nitrogens with zero attached hydrogens (tertiary/aromatic N) is 2. The SMILES string of the molecule is CCOC(=O)C1=C(C)NC(=O)N[C@@H]1c1ccc(OCC(=O)N/N=C\c2cc(I)c(OCc3ccccc3C#N)c(OC)c2)c(OC)c1. The number of urea groups is 1. The van der Waals surface area contributed by atoms with Crippen molar-refractivity contribution in [2.24, 2.45) is 5.10 Å². The summed E-state index contributed by atoms with van der Waals surface area (Å²) in [4.78, 5) is 37.3. The van der Waals surface area contributed by atoms with Crippen molar-refractivity contribution in [3.63, 3.8) is 0 Å². The lowest BCUT2D eigenvalue weighted by molar-refractivity contribution is -0.139. The van der Waals surface area contributed by atoms with Crippen LogP contribution in [0.5, 0.6) is 23.0 Å². The monoisotopic (exact) mass is 753 g/mol. The minimum atomic E-state index is -0.786. The number of benzene rings is 3. The van der Waals surface area contributed by atoms with E-state index in [0.29, 0.717) is 33.9 Å². The van der Waals surface area contributed by atoms with Gasteiger partial charge in [-0.25, -0.2) is 15.0 Å². The Morgan fingerprint density at radius 2 is 1.83 bits per heavy atom. The third kappa shape index (κ3) is 8.70. The number of methoxy groups -OCH3 is 2. The van der Waals surface area contributed by atoms with E-state index in [1.165, 1.54) is 20.4 Å². The number of hydrogen-bond donors (Lipinski definition) is 3. The lowest BCUT2D eigenvalue weighted by Crippen LogP contribution is -2.45. The molecule has 0 bridgehead atoms. The molecule has 1 aliphatic rings. The number of allylic oxidation sites excluding steroid dienone is 1. The van der Waals surface area contributed by atoms with Crippen LogP contribution in [0.15, 0.2) is 71.0 Å². The fraction of sp³-hybridized carbons (Fsp3) is 0.242. The molecule has 1 aliphatic heterocycles. The Labute approximate surface area is 285 Å². The molecule has 3 N–H and O–H groups in total. The second-order valence-corrected chi connectivity index (χ2v) is 11.0. The number of carbonyl (C=O) groups excluding carboxylic acids is 3. The third-order valence-electron chi connectivity index (χ3n) is 6.81. The number of rotatable bonds is 13. The molecule has 0 saturated carbocycles. The number of amides is 3. The van der Waals surface area contributed by atoms with Gasteiger partial charge in [-0.05, 0) is 77.9 Å². The van der Waals surface area contributed by atoms with Crippen LogP contribution in [0.25, 0.3) is 0 Å². The van der Waals surface area contributed by atoms with E-state index < -0.39 is 23.9 Å². The van der Waals surface area contributed by atoms with Gasteiger partial charge < -0.3 is 34.3 Å². The van der Waals surface area contributed by atoms with Gasteiger partial charge in [-0.1, -0.05) is 24.3 Å². The van der Waals surface area contributed by atoms with Gasteiger partial charge in [-0.3, -0.25) is 4.79 Å². The maximum atomic E-state index is 12.6. The molecular formula is C33H32IN5O8. The second kappa shape index (κ2) is 16.3. The van der Waals surface area contributed by atoms with E-state index in [0.717, 1.165) is 9.13 Å². The number of hydrazone groups is 1. The number of nitriles is 1. The van der Waals surface area contributed by atoms with Crippen molar-refractivity contribution in [3.8, 4) is 29.1 Å². The van der Waals surface area contributed by atoms with Crippen molar-refractivity contribution in [2.45, 2.75) is 26.5 Å². The number of halogens is 1. The summed E-state index contributed by atoms with van der Waals surface area (Å²) in [7, 11) is 2.95. The quantitative estimate of drug-likeness (QED) is 0.0987. The maximum Gasteiger partial charge on any atom is 0.338 e. The first-order valence-corrected chi connectivity index (χ1v) is 15.3. The van der Waals surface area contributed by atoms with Crippen molar-refractivity contribution in [1.29, 1.82) is 5.26 Å². The Hall–Kier alpha value is -5.30. The lowest BCUT2D eigenvalue weighted by Gasteiger charge is -2.28. The molecule has 0 spiro atoms. The van der Waals surface area contributed by atoms with E-state index in [4.69, 9.17) is 23.7 Å². The first kappa shape index (κ1) is 34.6. The van der Waals surface area contributed by atoms with Crippen LogP contribution in [0.3, 0.4) is 0 Å². The first-order chi connectivity index (χ1) is 22.7. The van der Waals surface area contributed by atoms with Crippen molar-refractivity contribution in [1.82, 2.24) is 16.1 Å². The van der Waals surface area contributed by atoms with Gasteiger partial charge in [0.1, 0.15) is 6.61 Å². The highest BCUT2D eigenvalue weighted by molar-refractivity contribution is 14.1. The average molecular weight is 754 g/mol. The Morgan fingerprint density at radius 1 is 1.06 bits per heavy atom. The first-order valence-electron chi connectivity index (χ1n) is 14.2. The van der Waals surface area contributed by atoms with Gasteiger partial charge in [0.15, 0.2) is 29.6 Å². The van der Waals surface area contributed by atoms with Crippen LogP contribution in [0.2, 0.25) is 0 Å². The highest BCUT2D eigenvalue weighted by atomic mass is 127. The molecule has 3 aromatic rings. The van der Waals surface area contributed by atoms with Crippen molar-refractivity contribution >= 4 is 46.7 Å². The highest BCUT2D eigenvalue weighted by Crippen LogP contribution is 2.36. The molecular weight excluding hydrogens is 721 g/mol. The zero-order valence-corrected chi connectivity index (χ0v) is 28.2. The summed E-state index contributed by atoms with van der Waals surface area (Å²) in [5.41, 5.74) is 5.54. The van der Waals surface area contributed by atoms with Gasteiger partial charge in [0.25, 0.3) is 5.91 Å². The summed E-state index contributed by atoms with van der Waals surface area (Å²) >= 11 is 2.11. The van der Waals surface area contributed by atoms with Crippen LogP contribution in [-0.4, -0.2) is 51.6 Å². The van der Waals surface area contributed by atoms with E-state index in [9.17, 15) is 19.6 Å². The highest BCUT2D eigenvalue weighted by Gasteiger charge is 2.32. The smallest absolute Gasteiger partial charge is 0.338 e. The zero-order valence-electron chi connectivity index (χ0n) is 26.0. The Morgan fingerprint density at radius 3 is 2.55 bits per heavy atom. The van der Waals surface area contributed by atoms with Gasteiger partial charge in [-0.15, -0.1) is 0 Å². The molecule has 0 fully saturated rings. The Bertz CT molecular complexity index is 1770. The summed E-state index contributed by atoms with van der Waals surface area (Å²) < 4.78 is 28.5. The van der Waals surface area contributed by atoms with Crippen LogP contribution >= 0.6 is 22.6 Å². The molecule has 47 heavy (non-hydrogen) atoms. The number of carbonyl (C=O) groups is 3. The zero-order chi connectivity index (χ0) is 33.9. The molecule has 0 aromatic heterocycles. The van der Waals surface area contributed by atoms with Gasteiger partial charge in [-0.2, -0.15) is 10.4 Å². The molecule has 1 heterocycles. The number of nitrogens with one attached hydrogen (secondary N) is 3. The predicted octanol–water partition coefficient (Wildman–Crippen LogP) is 4.48. The van der Waals surface area contributed by atoms with Crippen LogP contribution < -0.4 is 35.0 Å². The van der Waals surface area contributed by atoms with Crippen LogP contribution in [0.4, 0.5) is 4.79 Å². The summed E-state index contributed by atoms with van der Waals surface area (Å²) in [6.07, 6.45) is 1.46. The topological polar surface area (TPSA) is 170 Å². The fourth-order valence-electron chi connectivity index (χ4n) is 4.62. The summed E-state index contributed by atoms with van der Waals surface area (Å²) in [6, 6.07) is 16.5. The minimum absolute atomic E-state index is 0.175. The summed E-state index contributed by atoms with van der Waals surface area (Å²) in [5.74, 6) is 0.436. The largest absolute Gasteiger partial charge is 0.493 e. The Kier molecular flexibility index (Phi) is 12.0. The maximum absolute atomic E-state index is 12.6. The van der Waals surface area contributed by atoms with Crippen LogP contribution in [-0.2, 0) is 20.9 Å². The number of ether oxygens (including phenoxy) is 5. The van der Waals surface area contributed by atoms with E-state index in [-0.39, 0.29) is 36.9 Å². The van der Waals surface area contributed by atoms with Crippen LogP contribution in [0, 0.1) is 14.9 Å². The second-order valence-electron chi connectivity index (χ2n) is 9.87. The molecule has 14 heteroatoms. The lowest BCUT2D eigenvalue weighted by atomic mass is 9.95. The molecule has 0 aliphatic carbocycles. The van der Waals surface area contributed by atoms with Crippen molar-refractivity contribution in [2.75, 3.05) is 27.4 Å². The molecule has 4 rings (SSSR count). The van der Waals surface area contributed by atoms with Gasteiger partial charge >= 0.3 is 12.0 Å². The van der Waals surface area contributed by atoms with E-state index >= 15 is 0 Å². The molecule has 0 saturated heterocycles. The van der Waals surface area contributed by atoms with Crippen LogP contribution in [0.1, 0.15) is 42.1 Å². The van der Waals surface area contributed by atoms with Crippen molar-refractivity contribution in [3.05, 3.63) is 91.7 Å². The summed E-state index contributed by atoms with van der Waals surface area (Å²) in [5, 5.41) is 18.7. The normalized spacial score (nSPS) is 14.0. The molecule has 3 amide bonds. The van der Waals surface area contributed by atoms with Gasteiger partial charge in [0.05, 0.1) is 53.9 Å². The molecule has 0 radical (unpaired) electrons. The number of esters is 1.